The molecular weight excluding hydrogens is 317 g/mol. The first-order valence-corrected chi connectivity index (χ1v) is 8.93. The molecule has 2 atom stereocenters. The maximum Gasteiger partial charge on any atom is 0.208 e. The van der Waals surface area contributed by atoms with E-state index in [1.54, 1.807) is 0 Å². The van der Waals surface area contributed by atoms with Crippen molar-refractivity contribution in [2.45, 2.75) is 45.6 Å². The summed E-state index contributed by atoms with van der Waals surface area (Å²) >= 11 is 0. The lowest BCUT2D eigenvalue weighted by Crippen LogP contribution is -2.40. The van der Waals surface area contributed by atoms with Gasteiger partial charge in [-0.05, 0) is 38.7 Å². The summed E-state index contributed by atoms with van der Waals surface area (Å²) in [6, 6.07) is 0.0388. The minimum Gasteiger partial charge on any atom is -0.401 e. The fourth-order valence-corrected chi connectivity index (χ4v) is 3.64. The number of allylic oxidation sites excluding steroid dienone is 1. The number of aryl methyl sites for hydroxylation is 1. The summed E-state index contributed by atoms with van der Waals surface area (Å²) in [6.07, 6.45) is 7.90. The predicted octanol–water partition coefficient (Wildman–Crippen LogP) is 1.81. The van der Waals surface area contributed by atoms with Gasteiger partial charge < -0.3 is 11.1 Å². The number of nitrogens with one attached hydrogen (secondary N) is 1. The fraction of sp³-hybridized carbons (Fsp3) is 0.526. The molecule has 3 rings (SSSR count). The van der Waals surface area contributed by atoms with Crippen molar-refractivity contribution in [3.05, 3.63) is 28.5 Å². The van der Waals surface area contributed by atoms with Crippen LogP contribution in [0.1, 0.15) is 38.4 Å². The highest BCUT2D eigenvalue weighted by Gasteiger charge is 2.22. The number of halogens is 1. The van der Waals surface area contributed by atoms with Gasteiger partial charge in [-0.15, -0.1) is 0 Å². The van der Waals surface area contributed by atoms with Gasteiger partial charge in [0.1, 0.15) is 11.6 Å². The van der Waals surface area contributed by atoms with Crippen molar-refractivity contribution in [3.63, 3.8) is 0 Å². The Balaban J connectivity index is 1.94. The van der Waals surface area contributed by atoms with Gasteiger partial charge in [0, 0.05) is 17.7 Å². The molecule has 0 bridgehead atoms. The van der Waals surface area contributed by atoms with Gasteiger partial charge in [-0.25, -0.2) is 9.97 Å². The third-order valence-corrected chi connectivity index (χ3v) is 5.12. The number of aliphatic imine (C=N–C) groups is 1. The summed E-state index contributed by atoms with van der Waals surface area (Å²) in [4.78, 5) is 12.9. The van der Waals surface area contributed by atoms with Crippen molar-refractivity contribution in [1.29, 1.82) is 0 Å². The Morgan fingerprint density at radius 2 is 2.08 bits per heavy atom. The molecule has 6 heteroatoms. The van der Waals surface area contributed by atoms with Crippen molar-refractivity contribution in [2.75, 3.05) is 11.9 Å². The number of anilines is 1. The highest BCUT2D eigenvalue weighted by atomic mass is 19.1. The number of hydrogen-bond donors (Lipinski definition) is 2. The number of nitrogens with zero attached hydrogens (tertiary/aromatic N) is 3. The zero-order valence-corrected chi connectivity index (χ0v) is 14.9. The second-order valence-electron chi connectivity index (χ2n) is 7.00. The minimum atomic E-state index is -0.416. The number of rotatable bonds is 4. The molecule has 2 unspecified atom stereocenters. The first kappa shape index (κ1) is 17.6. The molecule has 1 aliphatic carbocycles. The van der Waals surface area contributed by atoms with Crippen molar-refractivity contribution in [3.8, 4) is 0 Å². The Morgan fingerprint density at radius 1 is 1.36 bits per heavy atom. The number of aromatic nitrogens is 2. The van der Waals surface area contributed by atoms with Crippen LogP contribution in [0.15, 0.2) is 17.1 Å². The zero-order valence-electron chi connectivity index (χ0n) is 14.9. The Labute approximate surface area is 147 Å². The average molecular weight is 343 g/mol. The summed E-state index contributed by atoms with van der Waals surface area (Å²) in [6.45, 7) is 8.40. The third kappa shape index (κ3) is 3.89. The van der Waals surface area contributed by atoms with Crippen LogP contribution in [0.5, 0.6) is 0 Å². The van der Waals surface area contributed by atoms with Crippen LogP contribution in [0.25, 0.3) is 12.3 Å². The van der Waals surface area contributed by atoms with Gasteiger partial charge in [-0.1, -0.05) is 25.5 Å². The van der Waals surface area contributed by atoms with Gasteiger partial charge in [-0.3, -0.25) is 4.99 Å². The molecule has 0 radical (unpaired) electrons. The molecule has 1 aliphatic heterocycles. The van der Waals surface area contributed by atoms with Gasteiger partial charge in [0.15, 0.2) is 0 Å². The van der Waals surface area contributed by atoms with Crippen LogP contribution in [0.3, 0.4) is 0 Å². The van der Waals surface area contributed by atoms with Crippen LogP contribution < -0.4 is 21.6 Å². The molecule has 25 heavy (non-hydrogen) atoms. The SMILES string of the molecule is C=c1nc(C)nc(NC(C)C2C=CC(F)=NC2)c1=C(N)C1CCCC1. The molecule has 1 saturated carbocycles. The van der Waals surface area contributed by atoms with Crippen LogP contribution >= 0.6 is 0 Å². The molecule has 1 aromatic rings. The van der Waals surface area contributed by atoms with E-state index in [1.807, 2.05) is 19.9 Å². The Kier molecular flexibility index (Phi) is 5.16. The molecule has 0 saturated heterocycles. The first-order chi connectivity index (χ1) is 12.0. The van der Waals surface area contributed by atoms with E-state index in [9.17, 15) is 4.39 Å². The van der Waals surface area contributed by atoms with E-state index < -0.39 is 5.97 Å². The lowest BCUT2D eigenvalue weighted by molar-refractivity contribution is 0.563. The van der Waals surface area contributed by atoms with Gasteiger partial charge in [-0.2, -0.15) is 4.39 Å². The van der Waals surface area contributed by atoms with Gasteiger partial charge in [0.25, 0.3) is 0 Å². The van der Waals surface area contributed by atoms with E-state index in [4.69, 9.17) is 5.73 Å². The maximum atomic E-state index is 13.1. The normalized spacial score (nSPS) is 23.3. The van der Waals surface area contributed by atoms with Gasteiger partial charge in [0.05, 0.1) is 17.1 Å². The molecule has 2 aliphatic rings. The predicted molar refractivity (Wildman–Crippen MR) is 100 cm³/mol. The van der Waals surface area contributed by atoms with Crippen LogP contribution in [0, 0.1) is 18.8 Å². The maximum absolute atomic E-state index is 13.1. The molecule has 0 amide bonds. The Bertz CT molecular complexity index is 808. The molecule has 2 heterocycles. The lowest BCUT2D eigenvalue weighted by Gasteiger charge is -2.24. The highest BCUT2D eigenvalue weighted by molar-refractivity contribution is 5.87. The molecule has 134 valence electrons. The third-order valence-electron chi connectivity index (χ3n) is 5.12. The van der Waals surface area contributed by atoms with Crippen molar-refractivity contribution in [1.82, 2.24) is 9.97 Å². The van der Waals surface area contributed by atoms with E-state index in [0.29, 0.717) is 23.6 Å². The summed E-state index contributed by atoms with van der Waals surface area (Å²) in [5.41, 5.74) is 7.33. The average Bonchev–Trinajstić information content (AvgIpc) is 3.09. The van der Waals surface area contributed by atoms with E-state index in [2.05, 4.69) is 26.9 Å². The number of nitrogens with two attached hydrogens (primary N) is 1. The standard InChI is InChI=1S/C19H26FN5/c1-11(15-8-9-16(20)22-10-15)24-19-17(12(2)23-13(3)25-19)18(21)14-6-4-5-7-14/h8-9,11,14-15H,2,4-7,10,21H2,1,3H3,(H,23,24,25). The van der Waals surface area contributed by atoms with Crippen LogP contribution in [0.4, 0.5) is 10.2 Å². The molecule has 1 aromatic heterocycles. The van der Waals surface area contributed by atoms with E-state index in [1.165, 1.54) is 18.9 Å². The molecular formula is C19H26FN5. The summed E-state index contributed by atoms with van der Waals surface area (Å²) in [5.74, 6) is 1.43. The smallest absolute Gasteiger partial charge is 0.208 e. The molecule has 3 N–H and O–H groups in total. The lowest BCUT2D eigenvalue weighted by atomic mass is 9.98. The van der Waals surface area contributed by atoms with E-state index in [-0.39, 0.29) is 12.0 Å². The monoisotopic (exact) mass is 343 g/mol. The highest BCUT2D eigenvalue weighted by Crippen LogP contribution is 2.28. The second kappa shape index (κ2) is 7.33. The molecule has 0 aromatic carbocycles. The summed E-state index contributed by atoms with van der Waals surface area (Å²) in [7, 11) is 0. The van der Waals surface area contributed by atoms with Gasteiger partial charge in [0.2, 0.25) is 5.97 Å². The van der Waals surface area contributed by atoms with E-state index in [0.717, 1.165) is 29.6 Å². The summed E-state index contributed by atoms with van der Waals surface area (Å²) in [5, 5.41) is 4.94. The molecule has 0 spiro atoms. The summed E-state index contributed by atoms with van der Waals surface area (Å²) < 4.78 is 13.1. The second-order valence-corrected chi connectivity index (χ2v) is 7.00. The van der Waals surface area contributed by atoms with Crippen molar-refractivity contribution in [2.24, 2.45) is 22.6 Å². The number of dihydropyridines is 1. The van der Waals surface area contributed by atoms with E-state index >= 15 is 0 Å². The van der Waals surface area contributed by atoms with Crippen LogP contribution in [0.2, 0.25) is 0 Å². The molecule has 5 nitrogen and oxygen atoms in total. The first-order valence-electron chi connectivity index (χ1n) is 8.93. The van der Waals surface area contributed by atoms with Crippen LogP contribution in [-0.4, -0.2) is 28.5 Å². The fourth-order valence-electron chi connectivity index (χ4n) is 3.64. The zero-order chi connectivity index (χ0) is 18.0. The molecule has 1 fully saturated rings. The van der Waals surface area contributed by atoms with Crippen LogP contribution in [-0.2, 0) is 0 Å². The Hall–Kier alpha value is -2.24. The minimum absolute atomic E-state index is 0.0388. The number of hydrogen-bond acceptors (Lipinski definition) is 5. The largest absolute Gasteiger partial charge is 0.401 e. The van der Waals surface area contributed by atoms with Crippen molar-refractivity contribution < 1.29 is 4.39 Å². The topological polar surface area (TPSA) is 76.2 Å². The van der Waals surface area contributed by atoms with Crippen molar-refractivity contribution >= 4 is 24.1 Å². The Morgan fingerprint density at radius 3 is 2.72 bits per heavy atom. The van der Waals surface area contributed by atoms with Gasteiger partial charge >= 0.3 is 0 Å². The quantitative estimate of drug-likeness (QED) is 0.874.